The maximum atomic E-state index is 4.91. The minimum Gasteiger partial charge on any atom is -0.340 e. The number of rotatable bonds is 5. The van der Waals surface area contributed by atoms with Crippen molar-refractivity contribution < 1.29 is 0 Å². The molecule has 1 saturated heterocycles. The molecule has 0 spiro atoms. The molecule has 5 heteroatoms. The van der Waals surface area contributed by atoms with Crippen LogP contribution in [0.5, 0.6) is 0 Å². The first-order valence-corrected chi connectivity index (χ1v) is 10.4. The van der Waals surface area contributed by atoms with Gasteiger partial charge in [-0.25, -0.2) is 4.98 Å². The maximum Gasteiger partial charge on any atom is 0.227 e. The van der Waals surface area contributed by atoms with Gasteiger partial charge in [-0.05, 0) is 43.7 Å². The van der Waals surface area contributed by atoms with Gasteiger partial charge in [-0.1, -0.05) is 43.3 Å². The molecule has 1 aromatic heterocycles. The molecule has 2 aromatic carbocycles. The maximum absolute atomic E-state index is 4.91. The second kappa shape index (κ2) is 8.62. The standard InChI is InChI=1S/C24H29N5/c1-4-28-12-14-29(15-13-28)24-26-22(20-8-6-5-7-9-20)17-23(27-24)25-21-11-10-18(2)19(3)16-21/h5-11,16-17H,4,12-15H2,1-3H3,(H,25,26,27). The zero-order valence-corrected chi connectivity index (χ0v) is 17.5. The molecule has 1 aliphatic heterocycles. The molecular weight excluding hydrogens is 358 g/mol. The lowest BCUT2D eigenvalue weighted by molar-refractivity contribution is 0.270. The van der Waals surface area contributed by atoms with Gasteiger partial charge in [0.05, 0.1) is 5.69 Å². The fourth-order valence-corrected chi connectivity index (χ4v) is 3.63. The summed E-state index contributed by atoms with van der Waals surface area (Å²) < 4.78 is 0. The minimum absolute atomic E-state index is 0.799. The normalized spacial score (nSPS) is 14.8. The van der Waals surface area contributed by atoms with E-state index < -0.39 is 0 Å². The van der Waals surface area contributed by atoms with Gasteiger partial charge in [0, 0.05) is 43.5 Å². The third-order valence-corrected chi connectivity index (χ3v) is 5.67. The summed E-state index contributed by atoms with van der Waals surface area (Å²) in [6, 6.07) is 18.8. The molecule has 150 valence electrons. The zero-order valence-electron chi connectivity index (χ0n) is 17.5. The first-order chi connectivity index (χ1) is 14.1. The molecule has 5 nitrogen and oxygen atoms in total. The Kier molecular flexibility index (Phi) is 5.76. The summed E-state index contributed by atoms with van der Waals surface area (Å²) in [7, 11) is 0. The van der Waals surface area contributed by atoms with Gasteiger partial charge in [-0.15, -0.1) is 0 Å². The number of nitrogens with one attached hydrogen (secondary N) is 1. The molecule has 3 aromatic rings. The molecule has 0 saturated carbocycles. The van der Waals surface area contributed by atoms with Crippen molar-refractivity contribution in [2.45, 2.75) is 20.8 Å². The Balaban J connectivity index is 1.67. The number of anilines is 3. The SMILES string of the molecule is CCN1CCN(c2nc(Nc3ccc(C)c(C)c3)cc(-c3ccccc3)n2)CC1. The van der Waals surface area contributed by atoms with Gasteiger partial charge < -0.3 is 15.1 Å². The summed E-state index contributed by atoms with van der Waals surface area (Å²) in [6.45, 7) is 11.6. The molecule has 29 heavy (non-hydrogen) atoms. The Morgan fingerprint density at radius 3 is 2.31 bits per heavy atom. The topological polar surface area (TPSA) is 44.3 Å². The van der Waals surface area contributed by atoms with Gasteiger partial charge in [-0.2, -0.15) is 4.98 Å². The quantitative estimate of drug-likeness (QED) is 0.691. The highest BCUT2D eigenvalue weighted by atomic mass is 15.3. The second-order valence-electron chi connectivity index (χ2n) is 7.65. The van der Waals surface area contributed by atoms with Crippen LogP contribution in [0.2, 0.25) is 0 Å². The van der Waals surface area contributed by atoms with Gasteiger partial charge in [-0.3, -0.25) is 0 Å². The molecule has 2 heterocycles. The Hall–Kier alpha value is -2.92. The Labute approximate surface area is 173 Å². The van der Waals surface area contributed by atoms with Crippen molar-refractivity contribution in [3.63, 3.8) is 0 Å². The van der Waals surface area contributed by atoms with Crippen LogP contribution >= 0.6 is 0 Å². The van der Waals surface area contributed by atoms with E-state index in [-0.39, 0.29) is 0 Å². The first-order valence-electron chi connectivity index (χ1n) is 10.4. The summed E-state index contributed by atoms with van der Waals surface area (Å²) in [5, 5.41) is 3.49. The highest BCUT2D eigenvalue weighted by Crippen LogP contribution is 2.26. The predicted octanol–water partition coefficient (Wildman–Crippen LogP) is 4.65. The smallest absolute Gasteiger partial charge is 0.227 e. The zero-order chi connectivity index (χ0) is 20.2. The van der Waals surface area contributed by atoms with E-state index in [0.717, 1.165) is 61.4 Å². The fourth-order valence-electron chi connectivity index (χ4n) is 3.63. The third-order valence-electron chi connectivity index (χ3n) is 5.67. The van der Waals surface area contributed by atoms with Crippen LogP contribution in [-0.4, -0.2) is 47.6 Å². The van der Waals surface area contributed by atoms with E-state index in [9.17, 15) is 0 Å². The van der Waals surface area contributed by atoms with Gasteiger partial charge >= 0.3 is 0 Å². The van der Waals surface area contributed by atoms with Crippen LogP contribution < -0.4 is 10.2 Å². The van der Waals surface area contributed by atoms with Crippen molar-refractivity contribution in [3.8, 4) is 11.3 Å². The van der Waals surface area contributed by atoms with Gasteiger partial charge in [0.1, 0.15) is 5.82 Å². The van der Waals surface area contributed by atoms with E-state index in [1.807, 2.05) is 24.3 Å². The van der Waals surface area contributed by atoms with Crippen LogP contribution in [0.15, 0.2) is 54.6 Å². The van der Waals surface area contributed by atoms with Crippen LogP contribution in [0, 0.1) is 13.8 Å². The molecule has 0 amide bonds. The van der Waals surface area contributed by atoms with Gasteiger partial charge in [0.25, 0.3) is 0 Å². The summed E-state index contributed by atoms with van der Waals surface area (Å²) in [5.41, 5.74) is 5.65. The van der Waals surface area contributed by atoms with Gasteiger partial charge in [0.15, 0.2) is 0 Å². The van der Waals surface area contributed by atoms with Crippen LogP contribution in [0.25, 0.3) is 11.3 Å². The summed E-state index contributed by atoms with van der Waals surface area (Å²) in [4.78, 5) is 14.5. The first kappa shape index (κ1) is 19.4. The lowest BCUT2D eigenvalue weighted by Crippen LogP contribution is -2.46. The van der Waals surface area contributed by atoms with E-state index in [4.69, 9.17) is 9.97 Å². The third kappa shape index (κ3) is 4.57. The number of nitrogens with zero attached hydrogens (tertiary/aromatic N) is 4. The van der Waals surface area contributed by atoms with Crippen LogP contribution in [0.3, 0.4) is 0 Å². The minimum atomic E-state index is 0.799. The van der Waals surface area contributed by atoms with E-state index in [1.54, 1.807) is 0 Å². The summed E-state index contributed by atoms with van der Waals surface area (Å²) >= 11 is 0. The lowest BCUT2D eigenvalue weighted by Gasteiger charge is -2.34. The average molecular weight is 388 g/mol. The Bertz CT molecular complexity index is 962. The summed E-state index contributed by atoms with van der Waals surface area (Å²) in [5.74, 6) is 1.63. The molecule has 0 radical (unpaired) electrons. The highest BCUT2D eigenvalue weighted by molar-refractivity contribution is 5.68. The largest absolute Gasteiger partial charge is 0.340 e. The number of piperazine rings is 1. The molecule has 0 atom stereocenters. The molecule has 0 aliphatic carbocycles. The van der Waals surface area contributed by atoms with E-state index >= 15 is 0 Å². The fraction of sp³-hybridized carbons (Fsp3) is 0.333. The van der Waals surface area contributed by atoms with E-state index in [1.165, 1.54) is 11.1 Å². The molecule has 1 fully saturated rings. The molecule has 4 rings (SSSR count). The number of aromatic nitrogens is 2. The highest BCUT2D eigenvalue weighted by Gasteiger charge is 2.19. The van der Waals surface area contributed by atoms with E-state index in [0.29, 0.717) is 0 Å². The second-order valence-corrected chi connectivity index (χ2v) is 7.65. The number of benzene rings is 2. The van der Waals surface area contributed by atoms with Gasteiger partial charge in [0.2, 0.25) is 5.95 Å². The molecule has 1 N–H and O–H groups in total. The number of likely N-dealkylation sites (N-methyl/N-ethyl adjacent to an activating group) is 1. The number of aryl methyl sites for hydroxylation is 2. The van der Waals surface area contributed by atoms with Crippen molar-refractivity contribution in [2.75, 3.05) is 42.9 Å². The average Bonchev–Trinajstić information content (AvgIpc) is 2.77. The Morgan fingerprint density at radius 1 is 0.862 bits per heavy atom. The number of hydrogen-bond donors (Lipinski definition) is 1. The molecular formula is C24H29N5. The van der Waals surface area contributed by atoms with Crippen molar-refractivity contribution in [2.24, 2.45) is 0 Å². The summed E-state index contributed by atoms with van der Waals surface area (Å²) in [6.07, 6.45) is 0. The molecule has 0 bridgehead atoms. The van der Waals surface area contributed by atoms with Crippen LogP contribution in [0.1, 0.15) is 18.1 Å². The van der Waals surface area contributed by atoms with Crippen LogP contribution in [0.4, 0.5) is 17.5 Å². The van der Waals surface area contributed by atoms with E-state index in [2.05, 4.69) is 66.2 Å². The van der Waals surface area contributed by atoms with Crippen LogP contribution in [-0.2, 0) is 0 Å². The van der Waals surface area contributed by atoms with Crippen molar-refractivity contribution in [3.05, 3.63) is 65.7 Å². The molecule has 0 unspecified atom stereocenters. The monoisotopic (exact) mass is 387 g/mol. The Morgan fingerprint density at radius 2 is 1.62 bits per heavy atom. The van der Waals surface area contributed by atoms with Crippen molar-refractivity contribution in [1.82, 2.24) is 14.9 Å². The predicted molar refractivity (Wildman–Crippen MR) is 121 cm³/mol. The van der Waals surface area contributed by atoms with Crippen molar-refractivity contribution in [1.29, 1.82) is 0 Å². The molecule has 1 aliphatic rings. The van der Waals surface area contributed by atoms with Crippen molar-refractivity contribution >= 4 is 17.5 Å². The lowest BCUT2D eigenvalue weighted by atomic mass is 10.1. The number of hydrogen-bond acceptors (Lipinski definition) is 5.